The molecule has 0 aromatic carbocycles. The molecule has 98 valence electrons. The van der Waals surface area contributed by atoms with Gasteiger partial charge in [-0.3, -0.25) is 0 Å². The van der Waals surface area contributed by atoms with Gasteiger partial charge in [-0.1, -0.05) is 18.1 Å². The molecule has 18 heavy (non-hydrogen) atoms. The summed E-state index contributed by atoms with van der Waals surface area (Å²) in [4.78, 5) is 5.48. The normalized spacial score (nSPS) is 12.8. The Balaban J connectivity index is 1.89. The van der Waals surface area contributed by atoms with Crippen LogP contribution in [0.5, 0.6) is 0 Å². The zero-order valence-electron chi connectivity index (χ0n) is 10.3. The quantitative estimate of drug-likeness (QED) is 0.778. The van der Waals surface area contributed by atoms with Gasteiger partial charge in [0.1, 0.15) is 0 Å². The van der Waals surface area contributed by atoms with Gasteiger partial charge in [-0.05, 0) is 17.9 Å². The Bertz CT molecular complexity index is 456. The smallest absolute Gasteiger partial charge is 0.231 e. The molecule has 0 amide bonds. The lowest BCUT2D eigenvalue weighted by atomic mass is 10.3. The Hall–Kier alpha value is -1.24. The Labute approximate surface area is 110 Å². The van der Waals surface area contributed by atoms with Gasteiger partial charge in [-0.2, -0.15) is 4.98 Å². The van der Waals surface area contributed by atoms with Gasteiger partial charge < -0.3 is 15.0 Å². The van der Waals surface area contributed by atoms with Crippen molar-refractivity contribution in [3.63, 3.8) is 0 Å². The Morgan fingerprint density at radius 1 is 1.56 bits per heavy atom. The summed E-state index contributed by atoms with van der Waals surface area (Å²) in [6.45, 7) is 3.18. The molecule has 0 aliphatic rings. The maximum Gasteiger partial charge on any atom is 0.231 e. The van der Waals surface area contributed by atoms with Gasteiger partial charge >= 0.3 is 0 Å². The molecular weight excluding hydrogens is 250 g/mol. The van der Waals surface area contributed by atoms with Gasteiger partial charge in [-0.25, -0.2) is 0 Å². The molecule has 0 saturated heterocycles. The number of nitrogens with zero attached hydrogens (tertiary/aromatic N) is 2. The summed E-state index contributed by atoms with van der Waals surface area (Å²) in [6, 6.07) is 3.72. The first kappa shape index (κ1) is 13.2. The molecule has 6 heteroatoms. The van der Waals surface area contributed by atoms with Crippen LogP contribution in [-0.2, 0) is 11.2 Å². The van der Waals surface area contributed by atoms with E-state index in [1.165, 1.54) is 4.88 Å². The van der Waals surface area contributed by atoms with Crippen LogP contribution in [0.25, 0.3) is 0 Å². The average Bonchev–Trinajstić information content (AvgIpc) is 3.01. The number of hydrogen-bond donors (Lipinski definition) is 1. The van der Waals surface area contributed by atoms with E-state index in [0.717, 1.165) is 6.42 Å². The Morgan fingerprint density at radius 2 is 2.44 bits per heavy atom. The molecule has 1 atom stereocenters. The van der Waals surface area contributed by atoms with Crippen molar-refractivity contribution in [3.05, 3.63) is 34.1 Å². The largest absolute Gasteiger partial charge is 0.379 e. The molecule has 0 fully saturated rings. The first-order chi connectivity index (χ1) is 8.79. The molecular formula is C12H17N3O2S. The number of hydrogen-bond acceptors (Lipinski definition) is 6. The van der Waals surface area contributed by atoms with Crippen LogP contribution in [0.1, 0.15) is 36.0 Å². The van der Waals surface area contributed by atoms with E-state index in [0.29, 0.717) is 31.3 Å². The zero-order chi connectivity index (χ0) is 12.8. The van der Waals surface area contributed by atoms with Crippen molar-refractivity contribution < 1.29 is 9.26 Å². The fraction of sp³-hybridized carbons (Fsp3) is 0.500. The third-order valence-electron chi connectivity index (χ3n) is 2.37. The minimum atomic E-state index is -0.322. The highest BCUT2D eigenvalue weighted by Crippen LogP contribution is 2.15. The maximum atomic E-state index is 5.92. The van der Waals surface area contributed by atoms with Gasteiger partial charge in [0.15, 0.2) is 5.82 Å². The van der Waals surface area contributed by atoms with E-state index >= 15 is 0 Å². The highest BCUT2D eigenvalue weighted by atomic mass is 32.1. The van der Waals surface area contributed by atoms with Crippen LogP contribution in [-0.4, -0.2) is 23.4 Å². The highest BCUT2D eigenvalue weighted by Gasteiger charge is 2.14. The molecule has 2 N–H and O–H groups in total. The molecule has 2 rings (SSSR count). The van der Waals surface area contributed by atoms with Crippen molar-refractivity contribution in [2.24, 2.45) is 5.73 Å². The lowest BCUT2D eigenvalue weighted by Gasteiger charge is -2.06. The Kier molecular flexibility index (Phi) is 4.86. The molecule has 0 aliphatic carbocycles. The lowest BCUT2D eigenvalue weighted by Crippen LogP contribution is -2.18. The SMILES string of the molecule is CCCOCC(N)c1noc(Cc2cccs2)n1. The number of nitrogens with two attached hydrogens (primary N) is 1. The Morgan fingerprint density at radius 3 is 3.17 bits per heavy atom. The summed E-state index contributed by atoms with van der Waals surface area (Å²) >= 11 is 1.67. The average molecular weight is 267 g/mol. The van der Waals surface area contributed by atoms with E-state index in [2.05, 4.69) is 17.1 Å². The van der Waals surface area contributed by atoms with E-state index in [9.17, 15) is 0 Å². The fourth-order valence-electron chi connectivity index (χ4n) is 1.48. The number of thiophene rings is 1. The molecule has 0 radical (unpaired) electrons. The summed E-state index contributed by atoms with van der Waals surface area (Å²) in [5.41, 5.74) is 5.92. The molecule has 5 nitrogen and oxygen atoms in total. The van der Waals surface area contributed by atoms with Crippen molar-refractivity contribution in [1.82, 2.24) is 10.1 Å². The van der Waals surface area contributed by atoms with Crippen LogP contribution >= 0.6 is 11.3 Å². The lowest BCUT2D eigenvalue weighted by molar-refractivity contribution is 0.119. The minimum Gasteiger partial charge on any atom is -0.379 e. The van der Waals surface area contributed by atoms with Crippen molar-refractivity contribution >= 4 is 11.3 Å². The van der Waals surface area contributed by atoms with Crippen LogP contribution in [0, 0.1) is 0 Å². The number of rotatable bonds is 7. The summed E-state index contributed by atoms with van der Waals surface area (Å²) in [6.07, 6.45) is 1.63. The van der Waals surface area contributed by atoms with Crippen LogP contribution in [0.3, 0.4) is 0 Å². The van der Waals surface area contributed by atoms with Gasteiger partial charge in [0.25, 0.3) is 0 Å². The highest BCUT2D eigenvalue weighted by molar-refractivity contribution is 7.09. The molecule has 2 heterocycles. The van der Waals surface area contributed by atoms with Crippen LogP contribution in [0.2, 0.25) is 0 Å². The van der Waals surface area contributed by atoms with E-state index in [-0.39, 0.29) is 6.04 Å². The van der Waals surface area contributed by atoms with Crippen LogP contribution < -0.4 is 5.73 Å². The molecule has 2 aromatic heterocycles. The van der Waals surface area contributed by atoms with Gasteiger partial charge in [-0.15, -0.1) is 11.3 Å². The van der Waals surface area contributed by atoms with E-state index < -0.39 is 0 Å². The van der Waals surface area contributed by atoms with Crippen molar-refractivity contribution in [2.45, 2.75) is 25.8 Å². The summed E-state index contributed by atoms with van der Waals surface area (Å²) in [5.74, 6) is 1.11. The van der Waals surface area contributed by atoms with E-state index in [1.54, 1.807) is 11.3 Å². The predicted octanol–water partition coefficient (Wildman–Crippen LogP) is 2.15. The second-order valence-electron chi connectivity index (χ2n) is 3.98. The molecule has 1 unspecified atom stereocenters. The molecule has 2 aromatic rings. The van der Waals surface area contributed by atoms with Gasteiger partial charge in [0.2, 0.25) is 5.89 Å². The van der Waals surface area contributed by atoms with Gasteiger partial charge in [0.05, 0.1) is 19.1 Å². The van der Waals surface area contributed by atoms with E-state index in [1.807, 2.05) is 17.5 Å². The predicted molar refractivity (Wildman–Crippen MR) is 69.5 cm³/mol. The third kappa shape index (κ3) is 3.63. The van der Waals surface area contributed by atoms with Crippen molar-refractivity contribution in [3.8, 4) is 0 Å². The summed E-state index contributed by atoms with van der Waals surface area (Å²) in [5, 5.41) is 5.91. The van der Waals surface area contributed by atoms with Gasteiger partial charge in [0, 0.05) is 11.5 Å². The third-order valence-corrected chi connectivity index (χ3v) is 3.24. The summed E-state index contributed by atoms with van der Waals surface area (Å²) < 4.78 is 10.5. The topological polar surface area (TPSA) is 74.2 Å². The second kappa shape index (κ2) is 6.63. The first-order valence-electron chi connectivity index (χ1n) is 5.97. The zero-order valence-corrected chi connectivity index (χ0v) is 11.2. The molecule has 0 saturated carbocycles. The number of ether oxygens (including phenoxy) is 1. The standard InChI is InChI=1S/C12H17N3O2S/c1-2-5-16-8-10(13)12-14-11(17-15-12)7-9-4-3-6-18-9/h3-4,6,10H,2,5,7-8,13H2,1H3. The molecule has 0 aliphatic heterocycles. The second-order valence-corrected chi connectivity index (χ2v) is 5.02. The molecule has 0 spiro atoms. The summed E-state index contributed by atoms with van der Waals surface area (Å²) in [7, 11) is 0. The molecule has 0 bridgehead atoms. The van der Waals surface area contributed by atoms with Crippen LogP contribution in [0.4, 0.5) is 0 Å². The monoisotopic (exact) mass is 267 g/mol. The van der Waals surface area contributed by atoms with Crippen molar-refractivity contribution in [2.75, 3.05) is 13.2 Å². The fourth-order valence-corrected chi connectivity index (χ4v) is 2.18. The first-order valence-corrected chi connectivity index (χ1v) is 6.85. The number of aromatic nitrogens is 2. The maximum absolute atomic E-state index is 5.92. The minimum absolute atomic E-state index is 0.322. The van der Waals surface area contributed by atoms with Crippen LogP contribution in [0.15, 0.2) is 22.0 Å². The van der Waals surface area contributed by atoms with E-state index in [4.69, 9.17) is 15.0 Å². The van der Waals surface area contributed by atoms with Crippen molar-refractivity contribution in [1.29, 1.82) is 0 Å².